The lowest BCUT2D eigenvalue weighted by atomic mass is 10.1. The maximum absolute atomic E-state index is 5.84. The second-order valence-corrected chi connectivity index (χ2v) is 7.81. The molecule has 0 saturated heterocycles. The molecule has 0 atom stereocenters. The van der Waals surface area contributed by atoms with Crippen molar-refractivity contribution >= 4 is 33.7 Å². The van der Waals surface area contributed by atoms with E-state index in [-0.39, 0.29) is 5.66 Å². The standard InChI is InChI=1S/C18H26ClN3OS2/c1-6-12-20-18(4,5)22(13-7-2)15(3)14-21-24-25-23-17-10-8-16(19)9-11-17/h6-11,20-21H,1-3,12-14H2,4-5H3. The van der Waals surface area contributed by atoms with Crippen LogP contribution in [0.15, 0.2) is 61.9 Å². The molecule has 0 amide bonds. The van der Waals surface area contributed by atoms with E-state index in [0.29, 0.717) is 18.1 Å². The number of nitrogens with one attached hydrogen (secondary N) is 2. The highest BCUT2D eigenvalue weighted by Gasteiger charge is 2.25. The molecule has 0 unspecified atom stereocenters. The maximum atomic E-state index is 5.84. The average Bonchev–Trinajstić information content (AvgIpc) is 2.59. The van der Waals surface area contributed by atoms with E-state index in [1.165, 1.54) is 22.1 Å². The summed E-state index contributed by atoms with van der Waals surface area (Å²) in [6.45, 7) is 18.0. The molecule has 0 heterocycles. The molecular formula is C18H26ClN3OS2. The Balaban J connectivity index is 2.39. The molecule has 0 radical (unpaired) electrons. The monoisotopic (exact) mass is 399 g/mol. The van der Waals surface area contributed by atoms with Crippen LogP contribution in [0.1, 0.15) is 13.8 Å². The van der Waals surface area contributed by atoms with E-state index in [2.05, 4.69) is 48.5 Å². The van der Waals surface area contributed by atoms with Crippen molar-refractivity contribution in [2.45, 2.75) is 19.5 Å². The van der Waals surface area contributed by atoms with Gasteiger partial charge in [0.15, 0.2) is 0 Å². The van der Waals surface area contributed by atoms with Gasteiger partial charge >= 0.3 is 0 Å². The first-order valence-electron chi connectivity index (χ1n) is 7.81. The molecular weight excluding hydrogens is 374 g/mol. The zero-order chi connectivity index (χ0) is 18.7. The minimum absolute atomic E-state index is 0.251. The lowest BCUT2D eigenvalue weighted by molar-refractivity contribution is 0.144. The van der Waals surface area contributed by atoms with Crippen LogP contribution in [0.2, 0.25) is 5.02 Å². The van der Waals surface area contributed by atoms with E-state index >= 15 is 0 Å². The summed E-state index contributed by atoms with van der Waals surface area (Å²) < 4.78 is 8.79. The van der Waals surface area contributed by atoms with Gasteiger partial charge in [-0.05, 0) is 38.1 Å². The second-order valence-electron chi connectivity index (χ2n) is 5.70. The highest BCUT2D eigenvalue weighted by Crippen LogP contribution is 2.25. The molecule has 0 aliphatic heterocycles. The van der Waals surface area contributed by atoms with Gasteiger partial charge in [0.2, 0.25) is 0 Å². The normalized spacial score (nSPS) is 11.0. The number of hydrogen-bond acceptors (Lipinski definition) is 6. The van der Waals surface area contributed by atoms with Gasteiger partial charge < -0.3 is 9.08 Å². The van der Waals surface area contributed by atoms with Crippen LogP contribution in [0.25, 0.3) is 0 Å². The van der Waals surface area contributed by atoms with Crippen molar-refractivity contribution in [3.8, 4) is 5.75 Å². The average molecular weight is 400 g/mol. The second kappa shape index (κ2) is 11.5. The minimum atomic E-state index is -0.251. The Morgan fingerprint density at radius 3 is 2.56 bits per heavy atom. The minimum Gasteiger partial charge on any atom is -0.413 e. The van der Waals surface area contributed by atoms with E-state index in [9.17, 15) is 0 Å². The van der Waals surface area contributed by atoms with Gasteiger partial charge in [-0.15, -0.1) is 13.2 Å². The third-order valence-electron chi connectivity index (χ3n) is 3.36. The highest BCUT2D eigenvalue weighted by molar-refractivity contribution is 8.74. The predicted octanol–water partition coefficient (Wildman–Crippen LogP) is 5.03. The molecule has 4 nitrogen and oxygen atoms in total. The summed E-state index contributed by atoms with van der Waals surface area (Å²) in [5.41, 5.74) is 0.708. The van der Waals surface area contributed by atoms with Crippen molar-refractivity contribution in [1.82, 2.24) is 14.9 Å². The van der Waals surface area contributed by atoms with Crippen LogP contribution in [0.5, 0.6) is 5.75 Å². The molecule has 0 fully saturated rings. The fraction of sp³-hybridized carbons (Fsp3) is 0.333. The molecule has 1 aromatic carbocycles. The van der Waals surface area contributed by atoms with Gasteiger partial charge in [0.25, 0.3) is 0 Å². The van der Waals surface area contributed by atoms with Gasteiger partial charge in [0.05, 0.1) is 5.66 Å². The largest absolute Gasteiger partial charge is 0.413 e. The van der Waals surface area contributed by atoms with E-state index in [4.69, 9.17) is 15.8 Å². The lowest BCUT2D eigenvalue weighted by Crippen LogP contribution is -2.54. The van der Waals surface area contributed by atoms with Crippen LogP contribution in [-0.2, 0) is 0 Å². The van der Waals surface area contributed by atoms with E-state index in [1.807, 2.05) is 24.3 Å². The van der Waals surface area contributed by atoms with E-state index < -0.39 is 0 Å². The molecule has 0 saturated carbocycles. The van der Waals surface area contributed by atoms with Gasteiger partial charge in [-0.3, -0.25) is 5.32 Å². The smallest absolute Gasteiger partial charge is 0.143 e. The van der Waals surface area contributed by atoms with Crippen molar-refractivity contribution in [3.05, 3.63) is 66.9 Å². The SMILES string of the molecule is C=CCNC(C)(C)N(CC=C)C(=C)CNSSOc1ccc(Cl)cc1. The predicted molar refractivity (Wildman–Crippen MR) is 114 cm³/mol. The van der Waals surface area contributed by atoms with Crippen molar-refractivity contribution in [1.29, 1.82) is 0 Å². The summed E-state index contributed by atoms with van der Waals surface area (Å²) in [5, 5.41) is 4.12. The van der Waals surface area contributed by atoms with Crippen molar-refractivity contribution in [2.24, 2.45) is 0 Å². The molecule has 138 valence electrons. The van der Waals surface area contributed by atoms with Crippen molar-refractivity contribution in [3.63, 3.8) is 0 Å². The van der Waals surface area contributed by atoms with Crippen LogP contribution >= 0.6 is 33.7 Å². The first-order chi connectivity index (χ1) is 11.9. The Hall–Kier alpha value is -1.05. The molecule has 0 bridgehead atoms. The molecule has 7 heteroatoms. The quantitative estimate of drug-likeness (QED) is 0.121. The Bertz CT molecular complexity index is 564. The summed E-state index contributed by atoms with van der Waals surface area (Å²) in [5.74, 6) is 0.755. The van der Waals surface area contributed by atoms with Gasteiger partial charge in [-0.2, -0.15) is 0 Å². The fourth-order valence-corrected chi connectivity index (χ4v) is 3.36. The first-order valence-corrected chi connectivity index (χ1v) is 10.3. The topological polar surface area (TPSA) is 36.5 Å². The Morgan fingerprint density at radius 2 is 1.96 bits per heavy atom. The molecule has 1 aromatic rings. The molecule has 2 N–H and O–H groups in total. The van der Waals surface area contributed by atoms with Crippen LogP contribution in [0, 0.1) is 0 Å². The van der Waals surface area contributed by atoms with E-state index in [1.54, 1.807) is 12.1 Å². The lowest BCUT2D eigenvalue weighted by Gasteiger charge is -2.41. The number of nitrogens with zero attached hydrogens (tertiary/aromatic N) is 1. The van der Waals surface area contributed by atoms with Crippen LogP contribution in [-0.4, -0.2) is 30.2 Å². The third-order valence-corrected chi connectivity index (χ3v) is 4.96. The van der Waals surface area contributed by atoms with Crippen molar-refractivity contribution < 1.29 is 4.18 Å². The zero-order valence-electron chi connectivity index (χ0n) is 14.8. The number of hydrogen-bond donors (Lipinski definition) is 2. The number of benzene rings is 1. The van der Waals surface area contributed by atoms with Crippen LogP contribution < -0.4 is 14.2 Å². The summed E-state index contributed by atoms with van der Waals surface area (Å²) in [7, 11) is 1.41. The van der Waals surface area contributed by atoms with Gasteiger partial charge in [0, 0.05) is 41.3 Å². The summed E-state index contributed by atoms with van der Waals surface area (Å²) in [6, 6.07) is 7.24. The Kier molecular flexibility index (Phi) is 10.2. The van der Waals surface area contributed by atoms with E-state index in [0.717, 1.165) is 18.0 Å². The zero-order valence-corrected chi connectivity index (χ0v) is 17.1. The first kappa shape index (κ1) is 22.0. The third kappa shape index (κ3) is 8.25. The number of rotatable bonds is 13. The number of halogens is 1. The van der Waals surface area contributed by atoms with Gasteiger partial charge in [0.1, 0.15) is 16.8 Å². The highest BCUT2D eigenvalue weighted by atomic mass is 35.5. The Morgan fingerprint density at radius 1 is 1.28 bits per heavy atom. The van der Waals surface area contributed by atoms with Gasteiger partial charge in [-0.25, -0.2) is 4.72 Å². The van der Waals surface area contributed by atoms with Crippen LogP contribution in [0.3, 0.4) is 0 Å². The molecule has 1 rings (SSSR count). The molecule has 0 spiro atoms. The summed E-state index contributed by atoms with van der Waals surface area (Å²) >= 11 is 7.10. The molecule has 25 heavy (non-hydrogen) atoms. The van der Waals surface area contributed by atoms with Gasteiger partial charge in [-0.1, -0.05) is 30.3 Å². The maximum Gasteiger partial charge on any atom is 0.143 e. The van der Waals surface area contributed by atoms with Crippen molar-refractivity contribution in [2.75, 3.05) is 19.6 Å². The van der Waals surface area contributed by atoms with Crippen LogP contribution in [0.4, 0.5) is 0 Å². The molecule has 0 aliphatic rings. The Labute approximate surface area is 164 Å². The summed E-state index contributed by atoms with van der Waals surface area (Å²) in [4.78, 5) is 2.17. The summed E-state index contributed by atoms with van der Waals surface area (Å²) in [6.07, 6.45) is 3.71. The fourth-order valence-electron chi connectivity index (χ4n) is 2.08. The molecule has 0 aliphatic carbocycles. The molecule has 0 aromatic heterocycles.